The van der Waals surface area contributed by atoms with Crippen LogP contribution in [0.1, 0.15) is 79.9 Å². The van der Waals surface area contributed by atoms with Crippen LogP contribution in [-0.2, 0) is 13.1 Å². The monoisotopic (exact) mass is 395 g/mol. The summed E-state index contributed by atoms with van der Waals surface area (Å²) in [4.78, 5) is 14.2. The van der Waals surface area contributed by atoms with Crippen molar-refractivity contribution in [3.63, 3.8) is 0 Å². The van der Waals surface area contributed by atoms with Crippen LogP contribution in [0.5, 0.6) is 0 Å². The summed E-state index contributed by atoms with van der Waals surface area (Å²) in [6, 6.07) is 9.07. The van der Waals surface area contributed by atoms with Gasteiger partial charge >= 0.3 is 0 Å². The number of carbonyl (C=O) groups is 1. The van der Waals surface area contributed by atoms with Crippen molar-refractivity contribution in [2.75, 3.05) is 0 Å². The number of piperidine rings is 1. The smallest absolute Gasteiger partial charge is 0.248 e. The Kier molecular flexibility index (Phi) is 5.99. The molecule has 2 aliphatic heterocycles. The number of fused-ring (bicyclic) bond motifs is 2. The van der Waals surface area contributed by atoms with Gasteiger partial charge in [-0.05, 0) is 55.2 Å². The van der Waals surface area contributed by atoms with E-state index in [-0.39, 0.29) is 5.91 Å². The summed E-state index contributed by atoms with van der Waals surface area (Å²) in [6.07, 6.45) is 9.28. The van der Waals surface area contributed by atoms with Gasteiger partial charge in [-0.15, -0.1) is 5.10 Å². The second kappa shape index (κ2) is 8.66. The van der Waals surface area contributed by atoms with Crippen LogP contribution in [0.25, 0.3) is 0 Å². The predicted octanol–water partition coefficient (Wildman–Crippen LogP) is 3.72. The molecular weight excluding hydrogens is 362 g/mol. The number of nitrogens with two attached hydrogens (primary N) is 1. The first-order valence-electron chi connectivity index (χ1n) is 11.1. The molecule has 0 aliphatic carbocycles. The van der Waals surface area contributed by atoms with Crippen LogP contribution in [-0.4, -0.2) is 37.9 Å². The van der Waals surface area contributed by atoms with Gasteiger partial charge in [0.1, 0.15) is 0 Å². The SMILES string of the molecule is CCC(CC)Cn1cc(CN2[C@@H]3CC[C@H]2CC(c2cccc(C(N)=O)c2)C3)nn1. The summed E-state index contributed by atoms with van der Waals surface area (Å²) in [5, 5.41) is 8.83. The molecule has 1 unspecified atom stereocenters. The molecule has 2 aliphatic rings. The maximum absolute atomic E-state index is 11.5. The number of amides is 1. The van der Waals surface area contributed by atoms with E-state index in [0.29, 0.717) is 29.5 Å². The van der Waals surface area contributed by atoms with E-state index in [2.05, 4.69) is 41.3 Å². The predicted molar refractivity (Wildman–Crippen MR) is 113 cm³/mol. The van der Waals surface area contributed by atoms with Gasteiger partial charge in [0.15, 0.2) is 0 Å². The first-order chi connectivity index (χ1) is 14.1. The molecule has 1 amide bonds. The van der Waals surface area contributed by atoms with E-state index in [1.807, 2.05) is 16.8 Å². The third kappa shape index (κ3) is 4.37. The fourth-order valence-electron chi connectivity index (χ4n) is 5.25. The summed E-state index contributed by atoms with van der Waals surface area (Å²) in [7, 11) is 0. The second-order valence-electron chi connectivity index (χ2n) is 8.83. The molecule has 0 radical (unpaired) electrons. The van der Waals surface area contributed by atoms with Gasteiger partial charge in [0.2, 0.25) is 5.91 Å². The summed E-state index contributed by atoms with van der Waals surface area (Å²) in [6.45, 7) is 6.34. The normalized spacial score (nSPS) is 24.3. The molecule has 2 N–H and O–H groups in total. The molecule has 6 heteroatoms. The lowest BCUT2D eigenvalue weighted by Gasteiger charge is -2.38. The fourth-order valence-corrected chi connectivity index (χ4v) is 5.25. The Morgan fingerprint density at radius 2 is 1.93 bits per heavy atom. The van der Waals surface area contributed by atoms with Crippen molar-refractivity contribution >= 4 is 5.91 Å². The van der Waals surface area contributed by atoms with E-state index in [1.54, 1.807) is 6.07 Å². The molecule has 2 saturated heterocycles. The fraction of sp³-hybridized carbons (Fsp3) is 0.609. The highest BCUT2D eigenvalue weighted by atomic mass is 16.1. The van der Waals surface area contributed by atoms with E-state index in [9.17, 15) is 4.79 Å². The van der Waals surface area contributed by atoms with Crippen molar-refractivity contribution in [1.29, 1.82) is 0 Å². The maximum Gasteiger partial charge on any atom is 0.248 e. The van der Waals surface area contributed by atoms with E-state index in [4.69, 9.17) is 5.73 Å². The number of hydrogen-bond donors (Lipinski definition) is 1. The first-order valence-corrected chi connectivity index (χ1v) is 11.1. The van der Waals surface area contributed by atoms with Crippen LogP contribution < -0.4 is 5.73 Å². The molecule has 2 fully saturated rings. The zero-order valence-corrected chi connectivity index (χ0v) is 17.6. The van der Waals surface area contributed by atoms with Gasteiger partial charge in [-0.25, -0.2) is 0 Å². The lowest BCUT2D eigenvalue weighted by atomic mass is 9.84. The van der Waals surface area contributed by atoms with Gasteiger partial charge in [-0.3, -0.25) is 14.4 Å². The number of primary amides is 1. The molecule has 6 nitrogen and oxygen atoms in total. The van der Waals surface area contributed by atoms with Gasteiger partial charge in [-0.1, -0.05) is 44.0 Å². The number of rotatable bonds is 8. The quantitative estimate of drug-likeness (QED) is 0.739. The zero-order valence-electron chi connectivity index (χ0n) is 17.6. The minimum absolute atomic E-state index is 0.344. The number of hydrogen-bond acceptors (Lipinski definition) is 4. The standard InChI is InChI=1S/C23H33N5O/c1-3-16(4-2)13-27-14-20(25-26-27)15-28-21-8-9-22(28)12-19(11-21)17-6-5-7-18(10-17)23(24)29/h5-7,10,14,16,19,21-22H,3-4,8-9,11-13,15H2,1-2H3,(H2,24,29)/t19?,21-,22+. The molecule has 4 rings (SSSR count). The van der Waals surface area contributed by atoms with Crippen molar-refractivity contribution in [3.8, 4) is 0 Å². The minimum atomic E-state index is -0.344. The number of aromatic nitrogens is 3. The van der Waals surface area contributed by atoms with E-state index < -0.39 is 0 Å². The van der Waals surface area contributed by atoms with Crippen molar-refractivity contribution in [1.82, 2.24) is 19.9 Å². The Hall–Kier alpha value is -2.21. The molecule has 156 valence electrons. The molecule has 2 bridgehead atoms. The van der Waals surface area contributed by atoms with E-state index in [1.165, 1.54) is 31.2 Å². The Labute approximate surface area is 173 Å². The average Bonchev–Trinajstić information content (AvgIpc) is 3.26. The topological polar surface area (TPSA) is 77.0 Å². The van der Waals surface area contributed by atoms with E-state index >= 15 is 0 Å². The van der Waals surface area contributed by atoms with Crippen molar-refractivity contribution in [2.24, 2.45) is 11.7 Å². The molecule has 0 spiro atoms. The highest BCUT2D eigenvalue weighted by molar-refractivity contribution is 5.92. The maximum atomic E-state index is 11.5. The number of benzene rings is 1. The molecule has 0 saturated carbocycles. The second-order valence-corrected chi connectivity index (χ2v) is 8.83. The summed E-state index contributed by atoms with van der Waals surface area (Å²) in [5.41, 5.74) is 8.44. The van der Waals surface area contributed by atoms with Crippen LogP contribution in [0.15, 0.2) is 30.5 Å². The van der Waals surface area contributed by atoms with Crippen LogP contribution in [0.4, 0.5) is 0 Å². The zero-order chi connectivity index (χ0) is 20.4. The Morgan fingerprint density at radius 1 is 1.21 bits per heavy atom. The van der Waals surface area contributed by atoms with Gasteiger partial charge < -0.3 is 5.73 Å². The molecule has 1 aromatic carbocycles. The van der Waals surface area contributed by atoms with Gasteiger partial charge in [-0.2, -0.15) is 0 Å². The Morgan fingerprint density at radius 3 is 2.59 bits per heavy atom. The van der Waals surface area contributed by atoms with Gasteiger partial charge in [0.05, 0.1) is 5.69 Å². The van der Waals surface area contributed by atoms with Crippen LogP contribution in [0, 0.1) is 5.92 Å². The van der Waals surface area contributed by atoms with Crippen molar-refractivity contribution < 1.29 is 4.79 Å². The van der Waals surface area contributed by atoms with E-state index in [0.717, 1.165) is 31.6 Å². The van der Waals surface area contributed by atoms with Crippen molar-refractivity contribution in [3.05, 3.63) is 47.3 Å². The lowest BCUT2D eigenvalue weighted by Crippen LogP contribution is -2.41. The third-order valence-corrected chi connectivity index (χ3v) is 7.06. The number of nitrogens with zero attached hydrogens (tertiary/aromatic N) is 4. The van der Waals surface area contributed by atoms with Crippen LogP contribution >= 0.6 is 0 Å². The summed E-state index contributed by atoms with van der Waals surface area (Å²) in [5.74, 6) is 0.838. The van der Waals surface area contributed by atoms with Crippen LogP contribution in [0.2, 0.25) is 0 Å². The molecule has 3 heterocycles. The largest absolute Gasteiger partial charge is 0.366 e. The van der Waals surface area contributed by atoms with Gasteiger partial charge in [0, 0.05) is 36.9 Å². The number of carbonyl (C=O) groups excluding carboxylic acids is 1. The molecular formula is C23H33N5O. The highest BCUT2D eigenvalue weighted by Crippen LogP contribution is 2.43. The molecule has 3 atom stereocenters. The Balaban J connectivity index is 1.41. The van der Waals surface area contributed by atoms with Crippen LogP contribution in [0.3, 0.4) is 0 Å². The minimum Gasteiger partial charge on any atom is -0.366 e. The van der Waals surface area contributed by atoms with Crippen molar-refractivity contribution in [2.45, 2.75) is 83.5 Å². The van der Waals surface area contributed by atoms with Gasteiger partial charge in [0.25, 0.3) is 0 Å². The highest BCUT2D eigenvalue weighted by Gasteiger charge is 2.41. The first kappa shape index (κ1) is 20.1. The molecule has 2 aromatic rings. The summed E-state index contributed by atoms with van der Waals surface area (Å²) >= 11 is 0. The summed E-state index contributed by atoms with van der Waals surface area (Å²) < 4.78 is 2.02. The Bertz CT molecular complexity index is 829. The molecule has 29 heavy (non-hydrogen) atoms. The average molecular weight is 396 g/mol. The third-order valence-electron chi connectivity index (χ3n) is 7.06. The lowest BCUT2D eigenvalue weighted by molar-refractivity contribution is 0.0999. The molecule has 1 aromatic heterocycles.